The summed E-state index contributed by atoms with van der Waals surface area (Å²) < 4.78 is 15.9. The van der Waals surface area contributed by atoms with Gasteiger partial charge in [0.2, 0.25) is 0 Å². The highest BCUT2D eigenvalue weighted by Gasteiger charge is 2.10. The normalized spacial score (nSPS) is 12.2. The Kier molecular flexibility index (Phi) is 7.19. The van der Waals surface area contributed by atoms with Crippen LogP contribution in [0.1, 0.15) is 19.4 Å². The van der Waals surface area contributed by atoms with Crippen molar-refractivity contribution in [2.75, 3.05) is 27.4 Å². The number of allylic oxidation sites excluding steroid dienone is 1. The van der Waals surface area contributed by atoms with Crippen molar-refractivity contribution in [3.8, 4) is 11.5 Å². The molecule has 0 saturated heterocycles. The highest BCUT2D eigenvalue weighted by Crippen LogP contribution is 2.29. The van der Waals surface area contributed by atoms with Crippen LogP contribution in [0.3, 0.4) is 0 Å². The van der Waals surface area contributed by atoms with Gasteiger partial charge >= 0.3 is 0 Å². The second kappa shape index (κ2) is 8.89. The molecule has 2 N–H and O–H groups in total. The van der Waals surface area contributed by atoms with Crippen LogP contribution in [0.2, 0.25) is 0 Å². The van der Waals surface area contributed by atoms with E-state index in [1.807, 2.05) is 24.3 Å². The van der Waals surface area contributed by atoms with E-state index in [1.54, 1.807) is 27.2 Å². The average Bonchev–Trinajstić information content (AvgIpc) is 2.47. The minimum atomic E-state index is -0.0990. The molecule has 120 valence electrons. The average molecular weight is 305 g/mol. The number of carbonyl (C=O) groups excluding carboxylic acids is 1. The summed E-state index contributed by atoms with van der Waals surface area (Å²) in [6, 6.07) is 5.55. The Morgan fingerprint density at radius 3 is 2.50 bits per heavy atom. The molecule has 0 fully saturated rings. The highest BCUT2D eigenvalue weighted by atomic mass is 16.5. The number of nitrogens with two attached hydrogens (primary N) is 1. The monoisotopic (exact) mass is 305 g/mol. The highest BCUT2D eigenvalue weighted by molar-refractivity contribution is 5.94. The van der Waals surface area contributed by atoms with Gasteiger partial charge in [-0.1, -0.05) is 18.2 Å². The molecular formula is C17H23NO4. The van der Waals surface area contributed by atoms with E-state index in [0.29, 0.717) is 29.4 Å². The predicted molar refractivity (Wildman–Crippen MR) is 87.0 cm³/mol. The van der Waals surface area contributed by atoms with Gasteiger partial charge in [0.1, 0.15) is 6.61 Å². The van der Waals surface area contributed by atoms with E-state index in [9.17, 15) is 4.79 Å². The standard InChI is InChI=1S/C17H23NO4/c1-12(18)15(13(2)19)11-22-16-8-7-14(6-5-9-20-3)10-17(16)21-4/h5-8,10H,9,11,18H2,1-4H3/b6-5+,15-12-. The van der Waals surface area contributed by atoms with Crippen LogP contribution in [-0.2, 0) is 9.53 Å². The van der Waals surface area contributed by atoms with Gasteiger partial charge in [-0.25, -0.2) is 0 Å². The van der Waals surface area contributed by atoms with Crippen LogP contribution in [0.4, 0.5) is 0 Å². The summed E-state index contributed by atoms with van der Waals surface area (Å²) in [5, 5.41) is 0. The summed E-state index contributed by atoms with van der Waals surface area (Å²) in [6.45, 7) is 3.81. The van der Waals surface area contributed by atoms with Crippen molar-refractivity contribution < 1.29 is 19.0 Å². The maximum Gasteiger partial charge on any atom is 0.161 e. The predicted octanol–water partition coefficient (Wildman–Crippen LogP) is 2.56. The van der Waals surface area contributed by atoms with E-state index in [1.165, 1.54) is 6.92 Å². The summed E-state index contributed by atoms with van der Waals surface area (Å²) in [5.74, 6) is 1.06. The zero-order valence-corrected chi connectivity index (χ0v) is 13.5. The minimum Gasteiger partial charge on any atom is -0.493 e. The van der Waals surface area contributed by atoms with Crippen LogP contribution in [0.15, 0.2) is 35.5 Å². The molecule has 1 aromatic carbocycles. The Morgan fingerprint density at radius 2 is 1.95 bits per heavy atom. The van der Waals surface area contributed by atoms with Gasteiger partial charge in [0.25, 0.3) is 0 Å². The zero-order chi connectivity index (χ0) is 16.5. The van der Waals surface area contributed by atoms with E-state index in [4.69, 9.17) is 19.9 Å². The lowest BCUT2D eigenvalue weighted by Crippen LogP contribution is -2.14. The Hall–Kier alpha value is -2.27. The summed E-state index contributed by atoms with van der Waals surface area (Å²) in [5.41, 5.74) is 7.59. The molecule has 0 atom stereocenters. The van der Waals surface area contributed by atoms with Gasteiger partial charge in [0.05, 0.1) is 19.3 Å². The van der Waals surface area contributed by atoms with Gasteiger partial charge in [0.15, 0.2) is 17.3 Å². The summed E-state index contributed by atoms with van der Waals surface area (Å²) in [6.07, 6.45) is 3.84. The number of hydrogen-bond donors (Lipinski definition) is 1. The lowest BCUT2D eigenvalue weighted by molar-refractivity contribution is -0.114. The maximum atomic E-state index is 11.5. The largest absolute Gasteiger partial charge is 0.493 e. The number of ketones is 1. The number of rotatable bonds is 8. The third-order valence-corrected chi connectivity index (χ3v) is 3.03. The molecule has 1 aromatic rings. The summed E-state index contributed by atoms with van der Waals surface area (Å²) >= 11 is 0. The van der Waals surface area contributed by atoms with Crippen molar-refractivity contribution in [1.82, 2.24) is 0 Å². The first-order valence-electron chi connectivity index (χ1n) is 6.92. The van der Waals surface area contributed by atoms with E-state index in [-0.39, 0.29) is 12.4 Å². The molecule has 0 heterocycles. The summed E-state index contributed by atoms with van der Waals surface area (Å²) in [4.78, 5) is 11.5. The molecule has 1 rings (SSSR count). The first kappa shape index (κ1) is 17.8. The molecule has 0 amide bonds. The van der Waals surface area contributed by atoms with Crippen molar-refractivity contribution in [2.24, 2.45) is 5.73 Å². The van der Waals surface area contributed by atoms with Crippen LogP contribution in [0.5, 0.6) is 11.5 Å². The third kappa shape index (κ3) is 5.26. The molecule has 5 nitrogen and oxygen atoms in total. The molecular weight excluding hydrogens is 282 g/mol. The van der Waals surface area contributed by atoms with Gasteiger partial charge in [-0.3, -0.25) is 4.79 Å². The molecule has 0 aromatic heterocycles. The van der Waals surface area contributed by atoms with E-state index in [0.717, 1.165) is 5.56 Å². The number of methoxy groups -OCH3 is 2. The Labute approximate surface area is 131 Å². The van der Waals surface area contributed by atoms with E-state index < -0.39 is 0 Å². The van der Waals surface area contributed by atoms with Crippen molar-refractivity contribution in [3.63, 3.8) is 0 Å². The number of benzene rings is 1. The van der Waals surface area contributed by atoms with Gasteiger partial charge in [-0.2, -0.15) is 0 Å². The fourth-order valence-electron chi connectivity index (χ4n) is 1.83. The molecule has 0 spiro atoms. The molecule has 0 aliphatic rings. The van der Waals surface area contributed by atoms with Gasteiger partial charge in [0, 0.05) is 12.8 Å². The number of Topliss-reactive ketones (excluding diaryl/α,β-unsaturated/α-hetero) is 1. The van der Waals surface area contributed by atoms with Gasteiger partial charge in [-0.05, 0) is 31.5 Å². The molecule has 0 radical (unpaired) electrons. The van der Waals surface area contributed by atoms with Crippen molar-refractivity contribution in [3.05, 3.63) is 41.1 Å². The Morgan fingerprint density at radius 1 is 1.23 bits per heavy atom. The number of ether oxygens (including phenoxy) is 3. The topological polar surface area (TPSA) is 70.8 Å². The van der Waals surface area contributed by atoms with Crippen molar-refractivity contribution >= 4 is 11.9 Å². The molecule has 0 saturated carbocycles. The SMILES string of the molecule is COC/C=C/c1ccc(OC/C(C(C)=O)=C(\C)N)c(OC)c1. The van der Waals surface area contributed by atoms with Crippen LogP contribution in [-0.4, -0.2) is 33.2 Å². The quantitative estimate of drug-likeness (QED) is 0.747. The Bertz CT molecular complexity index is 572. The van der Waals surface area contributed by atoms with Crippen molar-refractivity contribution in [1.29, 1.82) is 0 Å². The van der Waals surface area contributed by atoms with Crippen LogP contribution >= 0.6 is 0 Å². The lowest BCUT2D eigenvalue weighted by atomic mass is 10.1. The second-order valence-corrected chi connectivity index (χ2v) is 4.77. The summed E-state index contributed by atoms with van der Waals surface area (Å²) in [7, 11) is 3.21. The second-order valence-electron chi connectivity index (χ2n) is 4.77. The number of carbonyl (C=O) groups is 1. The van der Waals surface area contributed by atoms with Crippen LogP contribution in [0.25, 0.3) is 6.08 Å². The fraction of sp³-hybridized carbons (Fsp3) is 0.353. The van der Waals surface area contributed by atoms with Crippen LogP contribution < -0.4 is 15.2 Å². The minimum absolute atomic E-state index is 0.0990. The smallest absolute Gasteiger partial charge is 0.161 e. The third-order valence-electron chi connectivity index (χ3n) is 3.03. The van der Waals surface area contributed by atoms with Gasteiger partial charge < -0.3 is 19.9 Å². The lowest BCUT2D eigenvalue weighted by Gasteiger charge is -2.13. The zero-order valence-electron chi connectivity index (χ0n) is 13.5. The molecule has 0 bridgehead atoms. The first-order valence-corrected chi connectivity index (χ1v) is 6.92. The molecule has 5 heteroatoms. The van der Waals surface area contributed by atoms with Gasteiger partial charge in [-0.15, -0.1) is 0 Å². The van der Waals surface area contributed by atoms with E-state index >= 15 is 0 Å². The molecule has 0 aliphatic heterocycles. The fourth-order valence-corrected chi connectivity index (χ4v) is 1.83. The molecule has 0 aliphatic carbocycles. The maximum absolute atomic E-state index is 11.5. The molecule has 22 heavy (non-hydrogen) atoms. The first-order chi connectivity index (χ1) is 10.5. The van der Waals surface area contributed by atoms with Crippen molar-refractivity contribution in [2.45, 2.75) is 13.8 Å². The van der Waals surface area contributed by atoms with Crippen LogP contribution in [0, 0.1) is 0 Å². The molecule has 0 unspecified atom stereocenters. The number of hydrogen-bond acceptors (Lipinski definition) is 5. The van der Waals surface area contributed by atoms with E-state index in [2.05, 4.69) is 0 Å². The Balaban J connectivity index is 2.87.